The molecule has 1 aromatic carbocycles. The van der Waals surface area contributed by atoms with Crippen LogP contribution < -0.4 is 5.73 Å². The highest BCUT2D eigenvalue weighted by molar-refractivity contribution is 6.14. The number of fused-ring (bicyclic) bond motifs is 1. The predicted octanol–water partition coefficient (Wildman–Crippen LogP) is 1.33. The molecular formula is C15H13N3O. The second kappa shape index (κ2) is 4.74. The van der Waals surface area contributed by atoms with E-state index in [0.717, 1.165) is 16.8 Å². The minimum atomic E-state index is -0.815. The maximum absolute atomic E-state index is 11.9. The zero-order chi connectivity index (χ0) is 13.2. The van der Waals surface area contributed by atoms with Crippen molar-refractivity contribution >= 4 is 11.5 Å². The number of hydrogen-bond acceptors (Lipinski definition) is 4. The summed E-state index contributed by atoms with van der Waals surface area (Å²) in [6.45, 7) is 0. The molecule has 1 unspecified atom stereocenters. The first-order valence-electron chi connectivity index (χ1n) is 6.11. The second-order valence-corrected chi connectivity index (χ2v) is 4.44. The van der Waals surface area contributed by atoms with E-state index in [2.05, 4.69) is 9.98 Å². The standard InChI is InChI=1S/C15H13N3O/c16-15-12(19)9-11-7-4-8-17-13(11)14(18-15)10-5-2-1-3-6-10/h1-8,15H,9,16H2. The normalized spacial score (nSPS) is 18.5. The fraction of sp³-hybridized carbons (Fsp3) is 0.133. The highest BCUT2D eigenvalue weighted by atomic mass is 16.1. The molecule has 0 fully saturated rings. The number of carbonyl (C=O) groups excluding carboxylic acids is 1. The van der Waals surface area contributed by atoms with Crippen LogP contribution in [0.1, 0.15) is 16.8 Å². The monoisotopic (exact) mass is 251 g/mol. The Balaban J connectivity index is 2.21. The fourth-order valence-corrected chi connectivity index (χ4v) is 2.17. The van der Waals surface area contributed by atoms with Gasteiger partial charge in [-0.15, -0.1) is 0 Å². The molecule has 0 saturated carbocycles. The topological polar surface area (TPSA) is 68.3 Å². The Morgan fingerprint density at radius 3 is 2.68 bits per heavy atom. The average Bonchev–Trinajstić information content (AvgIpc) is 2.58. The van der Waals surface area contributed by atoms with E-state index in [1.165, 1.54) is 0 Å². The van der Waals surface area contributed by atoms with Crippen molar-refractivity contribution in [1.29, 1.82) is 0 Å². The van der Waals surface area contributed by atoms with Crippen molar-refractivity contribution in [3.8, 4) is 0 Å². The predicted molar refractivity (Wildman–Crippen MR) is 73.0 cm³/mol. The van der Waals surface area contributed by atoms with Gasteiger partial charge in [-0.05, 0) is 11.6 Å². The first-order chi connectivity index (χ1) is 9.25. The first-order valence-corrected chi connectivity index (χ1v) is 6.11. The molecule has 0 bridgehead atoms. The number of nitrogens with two attached hydrogens (primary N) is 1. The van der Waals surface area contributed by atoms with Gasteiger partial charge in [-0.1, -0.05) is 36.4 Å². The van der Waals surface area contributed by atoms with E-state index >= 15 is 0 Å². The number of nitrogens with zero attached hydrogens (tertiary/aromatic N) is 2. The SMILES string of the molecule is NC1N=C(c2ccccc2)c2ncccc2CC1=O. The molecule has 1 atom stereocenters. The first kappa shape index (κ1) is 11.7. The van der Waals surface area contributed by atoms with Crippen LogP contribution in [0, 0.1) is 0 Å². The number of rotatable bonds is 1. The molecule has 0 spiro atoms. The van der Waals surface area contributed by atoms with Gasteiger partial charge in [0.25, 0.3) is 0 Å². The third-order valence-corrected chi connectivity index (χ3v) is 3.13. The summed E-state index contributed by atoms with van der Waals surface area (Å²) in [5.74, 6) is -0.0832. The minimum Gasteiger partial charge on any atom is -0.303 e. The van der Waals surface area contributed by atoms with Crippen molar-refractivity contribution in [2.24, 2.45) is 10.7 Å². The number of pyridine rings is 1. The van der Waals surface area contributed by atoms with Gasteiger partial charge in [-0.25, -0.2) is 0 Å². The van der Waals surface area contributed by atoms with Crippen LogP contribution in [0.25, 0.3) is 0 Å². The van der Waals surface area contributed by atoms with Gasteiger partial charge in [0.15, 0.2) is 11.9 Å². The lowest BCUT2D eigenvalue weighted by Crippen LogP contribution is -2.29. The van der Waals surface area contributed by atoms with Gasteiger partial charge in [-0.3, -0.25) is 14.8 Å². The molecule has 1 aliphatic heterocycles. The van der Waals surface area contributed by atoms with Gasteiger partial charge in [-0.2, -0.15) is 0 Å². The highest BCUT2D eigenvalue weighted by Gasteiger charge is 2.23. The van der Waals surface area contributed by atoms with E-state index in [-0.39, 0.29) is 12.2 Å². The van der Waals surface area contributed by atoms with Crippen LogP contribution in [-0.4, -0.2) is 22.6 Å². The number of aromatic nitrogens is 1. The second-order valence-electron chi connectivity index (χ2n) is 4.44. The summed E-state index contributed by atoms with van der Waals surface area (Å²) < 4.78 is 0. The van der Waals surface area contributed by atoms with E-state index in [1.807, 2.05) is 42.5 Å². The number of ketones is 1. The van der Waals surface area contributed by atoms with E-state index in [4.69, 9.17) is 5.73 Å². The summed E-state index contributed by atoms with van der Waals surface area (Å²) in [7, 11) is 0. The summed E-state index contributed by atoms with van der Waals surface area (Å²) in [6, 6.07) is 13.4. The van der Waals surface area contributed by atoms with Gasteiger partial charge < -0.3 is 5.73 Å². The molecule has 3 rings (SSSR count). The third kappa shape index (κ3) is 2.18. The average molecular weight is 251 g/mol. The summed E-state index contributed by atoms with van der Waals surface area (Å²) in [5.41, 5.74) is 9.06. The number of carbonyl (C=O) groups is 1. The molecule has 4 heteroatoms. The van der Waals surface area contributed by atoms with Gasteiger partial charge in [0.1, 0.15) is 0 Å². The Morgan fingerprint density at radius 2 is 1.89 bits per heavy atom. The van der Waals surface area contributed by atoms with E-state index in [9.17, 15) is 4.79 Å². The third-order valence-electron chi connectivity index (χ3n) is 3.13. The minimum absolute atomic E-state index is 0.0832. The summed E-state index contributed by atoms with van der Waals surface area (Å²) in [5, 5.41) is 0. The Bertz CT molecular complexity index is 649. The van der Waals surface area contributed by atoms with Gasteiger partial charge >= 0.3 is 0 Å². The fourth-order valence-electron chi connectivity index (χ4n) is 2.17. The molecule has 2 aromatic rings. The van der Waals surface area contributed by atoms with Gasteiger partial charge in [0.2, 0.25) is 0 Å². The molecule has 2 N–H and O–H groups in total. The Labute approximate surface area is 111 Å². The lowest BCUT2D eigenvalue weighted by atomic mass is 10.0. The number of benzene rings is 1. The molecule has 4 nitrogen and oxygen atoms in total. The van der Waals surface area contributed by atoms with Gasteiger partial charge in [0, 0.05) is 18.2 Å². The van der Waals surface area contributed by atoms with Crippen molar-refractivity contribution in [2.75, 3.05) is 0 Å². The quantitative estimate of drug-likeness (QED) is 0.831. The van der Waals surface area contributed by atoms with E-state index in [1.54, 1.807) is 6.20 Å². The summed E-state index contributed by atoms with van der Waals surface area (Å²) >= 11 is 0. The highest BCUT2D eigenvalue weighted by Crippen LogP contribution is 2.18. The van der Waals surface area contributed by atoms with Crippen LogP contribution in [-0.2, 0) is 11.2 Å². The number of hydrogen-bond donors (Lipinski definition) is 1. The Morgan fingerprint density at radius 1 is 1.11 bits per heavy atom. The lowest BCUT2D eigenvalue weighted by Gasteiger charge is -2.07. The smallest absolute Gasteiger partial charge is 0.176 e. The van der Waals surface area contributed by atoms with Crippen LogP contribution in [0.2, 0.25) is 0 Å². The molecule has 19 heavy (non-hydrogen) atoms. The number of Topliss-reactive ketones (excluding diaryl/α,β-unsaturated/α-hetero) is 1. The molecule has 0 saturated heterocycles. The van der Waals surface area contributed by atoms with Crippen molar-refractivity contribution in [2.45, 2.75) is 12.6 Å². The molecule has 0 amide bonds. The van der Waals surface area contributed by atoms with Crippen LogP contribution in [0.3, 0.4) is 0 Å². The van der Waals surface area contributed by atoms with Crippen LogP contribution in [0.5, 0.6) is 0 Å². The van der Waals surface area contributed by atoms with Crippen molar-refractivity contribution < 1.29 is 4.79 Å². The van der Waals surface area contributed by atoms with Crippen LogP contribution in [0.4, 0.5) is 0 Å². The molecule has 2 heterocycles. The number of aliphatic imine (C=N–C) groups is 1. The largest absolute Gasteiger partial charge is 0.303 e. The lowest BCUT2D eigenvalue weighted by molar-refractivity contribution is -0.119. The molecule has 94 valence electrons. The van der Waals surface area contributed by atoms with E-state index in [0.29, 0.717) is 5.71 Å². The Hall–Kier alpha value is -2.33. The van der Waals surface area contributed by atoms with Crippen molar-refractivity contribution in [1.82, 2.24) is 4.98 Å². The summed E-state index contributed by atoms with van der Waals surface area (Å²) in [6.07, 6.45) is 1.17. The molecule has 0 radical (unpaired) electrons. The Kier molecular flexibility index (Phi) is 2.93. The zero-order valence-electron chi connectivity index (χ0n) is 10.3. The van der Waals surface area contributed by atoms with Crippen molar-refractivity contribution in [3.63, 3.8) is 0 Å². The molecule has 1 aliphatic rings. The van der Waals surface area contributed by atoms with Crippen molar-refractivity contribution in [3.05, 3.63) is 65.5 Å². The molecular weight excluding hydrogens is 238 g/mol. The maximum atomic E-state index is 11.9. The van der Waals surface area contributed by atoms with Crippen LogP contribution in [0.15, 0.2) is 53.7 Å². The maximum Gasteiger partial charge on any atom is 0.176 e. The van der Waals surface area contributed by atoms with Gasteiger partial charge in [0.05, 0.1) is 11.4 Å². The molecule has 1 aromatic heterocycles. The van der Waals surface area contributed by atoms with E-state index < -0.39 is 6.17 Å². The summed E-state index contributed by atoms with van der Waals surface area (Å²) in [4.78, 5) is 20.6. The molecule has 0 aliphatic carbocycles. The van der Waals surface area contributed by atoms with Crippen LogP contribution >= 0.6 is 0 Å². The zero-order valence-corrected chi connectivity index (χ0v) is 10.3.